The molecule has 0 unspecified atom stereocenters. The van der Waals surface area contributed by atoms with Crippen molar-refractivity contribution >= 4 is 44.7 Å². The number of thiophene rings is 1. The summed E-state index contributed by atoms with van der Waals surface area (Å²) in [7, 11) is 1.61. The smallest absolute Gasteiger partial charge is 0.349 e. The molecule has 0 aliphatic rings. The number of hydrogen-bond acceptors (Lipinski definition) is 6. The van der Waals surface area contributed by atoms with E-state index in [1.165, 1.54) is 30.0 Å². The van der Waals surface area contributed by atoms with Gasteiger partial charge in [-0.2, -0.15) is 0 Å². The van der Waals surface area contributed by atoms with Crippen molar-refractivity contribution in [1.82, 2.24) is 0 Å². The standard InChI is InChI=1S/C19H16N2O5S/c1-12(18(22)20(2)14-6-4-3-5-7-14)26-19(23)17-11-13-10-15(21(24)25)8-9-16(13)27-17/h3-12H,1-2H3/t12-/m0/s1. The second-order valence-electron chi connectivity index (χ2n) is 5.87. The monoisotopic (exact) mass is 384 g/mol. The minimum atomic E-state index is -0.970. The van der Waals surface area contributed by atoms with Gasteiger partial charge in [0.05, 0.1) is 4.92 Å². The van der Waals surface area contributed by atoms with E-state index >= 15 is 0 Å². The van der Waals surface area contributed by atoms with E-state index in [-0.39, 0.29) is 16.5 Å². The maximum atomic E-state index is 12.5. The Morgan fingerprint density at radius 1 is 1.15 bits per heavy atom. The molecular weight excluding hydrogens is 368 g/mol. The number of likely N-dealkylation sites (N-methyl/N-ethyl adjacent to an activating group) is 1. The van der Waals surface area contributed by atoms with Crippen LogP contribution < -0.4 is 4.90 Å². The average molecular weight is 384 g/mol. The van der Waals surface area contributed by atoms with Crippen molar-refractivity contribution in [3.63, 3.8) is 0 Å². The number of para-hydroxylation sites is 1. The lowest BCUT2D eigenvalue weighted by atomic mass is 10.2. The number of nitro groups is 1. The summed E-state index contributed by atoms with van der Waals surface area (Å²) in [5.41, 5.74) is 0.646. The summed E-state index contributed by atoms with van der Waals surface area (Å²) in [6.45, 7) is 1.51. The Morgan fingerprint density at radius 3 is 2.52 bits per heavy atom. The van der Waals surface area contributed by atoms with E-state index < -0.39 is 17.0 Å². The number of rotatable bonds is 5. The highest BCUT2D eigenvalue weighted by Crippen LogP contribution is 2.29. The van der Waals surface area contributed by atoms with Crippen LogP contribution in [-0.4, -0.2) is 30.0 Å². The van der Waals surface area contributed by atoms with Gasteiger partial charge in [-0.15, -0.1) is 11.3 Å². The topological polar surface area (TPSA) is 89.7 Å². The molecule has 0 fully saturated rings. The molecule has 8 heteroatoms. The van der Waals surface area contributed by atoms with Crippen LogP contribution in [0.2, 0.25) is 0 Å². The summed E-state index contributed by atoms with van der Waals surface area (Å²) >= 11 is 1.16. The van der Waals surface area contributed by atoms with E-state index in [0.29, 0.717) is 11.1 Å². The first-order chi connectivity index (χ1) is 12.9. The maximum absolute atomic E-state index is 12.5. The number of nitrogens with zero attached hydrogens (tertiary/aromatic N) is 2. The van der Waals surface area contributed by atoms with Crippen molar-refractivity contribution in [3.05, 3.63) is 69.6 Å². The van der Waals surface area contributed by atoms with Gasteiger partial charge in [-0.05, 0) is 31.2 Å². The first kappa shape index (κ1) is 18.5. The molecule has 138 valence electrons. The van der Waals surface area contributed by atoms with Crippen molar-refractivity contribution in [2.75, 3.05) is 11.9 Å². The number of hydrogen-bond donors (Lipinski definition) is 0. The van der Waals surface area contributed by atoms with Crippen molar-refractivity contribution in [2.24, 2.45) is 0 Å². The second kappa shape index (κ2) is 7.55. The first-order valence-electron chi connectivity index (χ1n) is 8.08. The van der Waals surface area contributed by atoms with Crippen LogP contribution in [0.1, 0.15) is 16.6 Å². The molecule has 0 N–H and O–H groups in total. The lowest BCUT2D eigenvalue weighted by Crippen LogP contribution is -2.37. The van der Waals surface area contributed by atoms with Crippen molar-refractivity contribution in [2.45, 2.75) is 13.0 Å². The number of non-ortho nitro benzene ring substituents is 1. The van der Waals surface area contributed by atoms with Crippen LogP contribution in [0.5, 0.6) is 0 Å². The molecule has 1 atom stereocenters. The van der Waals surface area contributed by atoms with Crippen molar-refractivity contribution < 1.29 is 19.2 Å². The molecule has 7 nitrogen and oxygen atoms in total. The number of amides is 1. The largest absolute Gasteiger partial charge is 0.448 e. The zero-order valence-electron chi connectivity index (χ0n) is 14.6. The lowest BCUT2D eigenvalue weighted by molar-refractivity contribution is -0.384. The molecule has 0 aliphatic carbocycles. The summed E-state index contributed by atoms with van der Waals surface area (Å²) in [6.07, 6.45) is -0.970. The minimum absolute atomic E-state index is 0.0479. The molecule has 0 radical (unpaired) electrons. The predicted octanol–water partition coefficient (Wildman–Crippen LogP) is 4.02. The van der Waals surface area contributed by atoms with Crippen LogP contribution in [0.4, 0.5) is 11.4 Å². The number of anilines is 1. The molecule has 0 aliphatic heterocycles. The van der Waals surface area contributed by atoms with Crippen LogP contribution in [0, 0.1) is 10.1 Å². The van der Waals surface area contributed by atoms with Gasteiger partial charge in [-0.3, -0.25) is 14.9 Å². The van der Waals surface area contributed by atoms with Gasteiger partial charge in [0.25, 0.3) is 11.6 Å². The third-order valence-corrected chi connectivity index (χ3v) is 5.11. The van der Waals surface area contributed by atoms with Gasteiger partial charge >= 0.3 is 5.97 Å². The number of carbonyl (C=O) groups excluding carboxylic acids is 2. The van der Waals surface area contributed by atoms with Crippen LogP contribution in [0.3, 0.4) is 0 Å². The van der Waals surface area contributed by atoms with Gasteiger partial charge < -0.3 is 9.64 Å². The van der Waals surface area contributed by atoms with Gasteiger partial charge in [-0.25, -0.2) is 4.79 Å². The van der Waals surface area contributed by atoms with E-state index in [0.717, 1.165) is 16.0 Å². The molecule has 3 rings (SSSR count). The zero-order valence-corrected chi connectivity index (χ0v) is 15.4. The second-order valence-corrected chi connectivity index (χ2v) is 6.95. The first-order valence-corrected chi connectivity index (χ1v) is 8.90. The van der Waals surface area contributed by atoms with Crippen LogP contribution in [-0.2, 0) is 9.53 Å². The van der Waals surface area contributed by atoms with Gasteiger partial charge in [0, 0.05) is 35.0 Å². The van der Waals surface area contributed by atoms with Gasteiger partial charge in [0.2, 0.25) is 0 Å². The molecule has 1 amide bonds. The molecule has 0 spiro atoms. The predicted molar refractivity (Wildman–Crippen MR) is 103 cm³/mol. The van der Waals surface area contributed by atoms with Gasteiger partial charge in [0.1, 0.15) is 4.88 Å². The van der Waals surface area contributed by atoms with Gasteiger partial charge in [-0.1, -0.05) is 18.2 Å². The molecule has 1 heterocycles. The number of esters is 1. The Bertz CT molecular complexity index is 1020. The summed E-state index contributed by atoms with van der Waals surface area (Å²) in [4.78, 5) is 36.9. The SMILES string of the molecule is C[C@H](OC(=O)c1cc2cc([N+](=O)[O-])ccc2s1)C(=O)N(C)c1ccccc1. The third kappa shape index (κ3) is 3.95. The number of ether oxygens (including phenoxy) is 1. The summed E-state index contributed by atoms with van der Waals surface area (Å²) in [6, 6.07) is 14.9. The Kier molecular flexibility index (Phi) is 5.18. The zero-order chi connectivity index (χ0) is 19.6. The average Bonchev–Trinajstić information content (AvgIpc) is 3.10. The fourth-order valence-corrected chi connectivity index (χ4v) is 3.49. The molecule has 0 bridgehead atoms. The molecule has 2 aromatic carbocycles. The van der Waals surface area contributed by atoms with E-state index in [1.54, 1.807) is 25.2 Å². The third-order valence-electron chi connectivity index (χ3n) is 4.02. The molecule has 1 aromatic heterocycles. The van der Waals surface area contributed by atoms with Gasteiger partial charge in [0.15, 0.2) is 6.10 Å². The summed E-state index contributed by atoms with van der Waals surface area (Å²) in [5.74, 6) is -0.993. The minimum Gasteiger partial charge on any atom is -0.448 e. The Hall–Kier alpha value is -3.26. The maximum Gasteiger partial charge on any atom is 0.349 e. The highest BCUT2D eigenvalue weighted by atomic mass is 32.1. The molecule has 0 saturated carbocycles. The molecule has 3 aromatic rings. The van der Waals surface area contributed by atoms with Crippen LogP contribution in [0.15, 0.2) is 54.6 Å². The molecular formula is C19H16N2O5S. The van der Waals surface area contributed by atoms with E-state index in [2.05, 4.69) is 0 Å². The number of fused-ring (bicyclic) bond motifs is 1. The Morgan fingerprint density at radius 2 is 1.85 bits per heavy atom. The lowest BCUT2D eigenvalue weighted by Gasteiger charge is -2.21. The van der Waals surface area contributed by atoms with E-state index in [1.807, 2.05) is 18.2 Å². The highest BCUT2D eigenvalue weighted by molar-refractivity contribution is 7.20. The fraction of sp³-hybridized carbons (Fsp3) is 0.158. The van der Waals surface area contributed by atoms with E-state index in [4.69, 9.17) is 4.74 Å². The Balaban J connectivity index is 1.73. The molecule has 0 saturated heterocycles. The summed E-state index contributed by atoms with van der Waals surface area (Å²) in [5, 5.41) is 11.4. The van der Waals surface area contributed by atoms with Crippen LogP contribution >= 0.6 is 11.3 Å². The number of benzene rings is 2. The fourth-order valence-electron chi connectivity index (χ4n) is 2.57. The number of carbonyl (C=O) groups is 2. The summed E-state index contributed by atoms with van der Waals surface area (Å²) < 4.78 is 6.02. The number of nitro benzene ring substituents is 1. The molecule has 27 heavy (non-hydrogen) atoms. The normalized spacial score (nSPS) is 11.8. The van der Waals surface area contributed by atoms with Crippen molar-refractivity contribution in [1.29, 1.82) is 0 Å². The van der Waals surface area contributed by atoms with Crippen molar-refractivity contribution in [3.8, 4) is 0 Å². The highest BCUT2D eigenvalue weighted by Gasteiger charge is 2.24. The quantitative estimate of drug-likeness (QED) is 0.376. The van der Waals surface area contributed by atoms with E-state index in [9.17, 15) is 19.7 Å². The Labute approximate surface area is 158 Å². The van der Waals surface area contributed by atoms with Crippen LogP contribution in [0.25, 0.3) is 10.1 Å².